The number of aromatic nitrogens is 4. The molecule has 0 saturated carbocycles. The molecule has 1 amide bonds. The number of fused-ring (bicyclic) bond motifs is 1. The number of anilines is 1. The zero-order valence-electron chi connectivity index (χ0n) is 15.3. The van der Waals surface area contributed by atoms with Crippen molar-refractivity contribution in [2.45, 2.75) is 50.3 Å². The first kappa shape index (κ1) is 19.0. The average molecular weight is 399 g/mol. The normalized spacial score (nSPS) is 18.2. The molecule has 8 nitrogen and oxygen atoms in total. The van der Waals surface area contributed by atoms with Crippen LogP contribution >= 0.6 is 23.4 Å². The van der Waals surface area contributed by atoms with Crippen molar-refractivity contribution in [3.05, 3.63) is 5.28 Å². The number of ether oxygens (including phenoxy) is 1. The molecule has 2 aromatic heterocycles. The highest BCUT2D eigenvalue weighted by Crippen LogP contribution is 2.30. The summed E-state index contributed by atoms with van der Waals surface area (Å²) in [4.78, 5) is 22.6. The van der Waals surface area contributed by atoms with Crippen LogP contribution in [-0.4, -0.2) is 62.1 Å². The first-order chi connectivity index (χ1) is 12.3. The molecule has 1 aliphatic heterocycles. The van der Waals surface area contributed by atoms with Gasteiger partial charge in [-0.2, -0.15) is 15.1 Å². The molecule has 26 heavy (non-hydrogen) atoms. The summed E-state index contributed by atoms with van der Waals surface area (Å²) in [6, 6.07) is 0.0510. The number of hydrogen-bond donors (Lipinski definition) is 2. The van der Waals surface area contributed by atoms with Crippen LogP contribution in [0.1, 0.15) is 33.6 Å². The summed E-state index contributed by atoms with van der Waals surface area (Å²) in [6.07, 6.45) is 3.47. The van der Waals surface area contributed by atoms with Crippen LogP contribution in [0.25, 0.3) is 11.0 Å². The number of rotatable bonds is 3. The molecule has 0 unspecified atom stereocenters. The Hall–Kier alpha value is -1.74. The van der Waals surface area contributed by atoms with Crippen molar-refractivity contribution in [3.63, 3.8) is 0 Å². The van der Waals surface area contributed by atoms with E-state index >= 15 is 0 Å². The van der Waals surface area contributed by atoms with Crippen molar-refractivity contribution in [1.82, 2.24) is 25.1 Å². The average Bonchev–Trinajstić information content (AvgIpc) is 2.96. The van der Waals surface area contributed by atoms with E-state index in [1.165, 1.54) is 11.8 Å². The summed E-state index contributed by atoms with van der Waals surface area (Å²) in [7, 11) is 0. The molecule has 3 heterocycles. The van der Waals surface area contributed by atoms with Crippen LogP contribution in [0.3, 0.4) is 0 Å². The van der Waals surface area contributed by atoms with E-state index in [-0.39, 0.29) is 17.4 Å². The minimum atomic E-state index is -0.506. The number of aromatic amines is 1. The lowest BCUT2D eigenvalue weighted by atomic mass is 10.1. The molecule has 1 aliphatic rings. The number of carbonyl (C=O) groups is 1. The fraction of sp³-hybridized carbons (Fsp3) is 0.625. The van der Waals surface area contributed by atoms with E-state index < -0.39 is 5.60 Å². The van der Waals surface area contributed by atoms with Gasteiger partial charge in [0.2, 0.25) is 5.28 Å². The smallest absolute Gasteiger partial charge is 0.410 e. The molecule has 10 heteroatoms. The van der Waals surface area contributed by atoms with Gasteiger partial charge < -0.3 is 15.0 Å². The van der Waals surface area contributed by atoms with Crippen LogP contribution in [0.15, 0.2) is 5.03 Å². The van der Waals surface area contributed by atoms with Gasteiger partial charge in [-0.25, -0.2) is 4.79 Å². The summed E-state index contributed by atoms with van der Waals surface area (Å²) in [6.45, 7) is 6.84. The quantitative estimate of drug-likeness (QED) is 0.602. The highest BCUT2D eigenvalue weighted by molar-refractivity contribution is 7.98. The lowest BCUT2D eigenvalue weighted by Gasteiger charge is -2.34. The van der Waals surface area contributed by atoms with Gasteiger partial charge in [0.1, 0.15) is 16.4 Å². The number of nitrogens with one attached hydrogen (secondary N) is 2. The highest BCUT2D eigenvalue weighted by Gasteiger charge is 2.28. The van der Waals surface area contributed by atoms with E-state index in [1.54, 1.807) is 4.90 Å². The SMILES string of the molecule is CSc1n[nH]c2nc(Cl)nc(N[C@@H]3CCCN(C(=O)OC(C)(C)C)C3)c12. The Labute approximate surface area is 161 Å². The standard InChI is InChI=1S/C16H23ClN6O2S/c1-16(2,3)25-15(24)23-7-5-6-9(8-23)18-11-10-12(20-14(17)19-11)21-22-13(10)26-4/h9H,5-8H2,1-4H3,(H2,18,19,20,21,22)/t9-/m1/s1. The van der Waals surface area contributed by atoms with E-state index in [0.717, 1.165) is 23.3 Å². The molecule has 2 N–H and O–H groups in total. The molecule has 0 aliphatic carbocycles. The summed E-state index contributed by atoms with van der Waals surface area (Å²) in [5.41, 5.74) is 0.0880. The van der Waals surface area contributed by atoms with Crippen molar-refractivity contribution in [2.75, 3.05) is 24.7 Å². The van der Waals surface area contributed by atoms with E-state index in [0.29, 0.717) is 24.6 Å². The second kappa shape index (κ2) is 7.48. The number of H-pyrrole nitrogens is 1. The highest BCUT2D eigenvalue weighted by atomic mass is 35.5. The number of hydrogen-bond acceptors (Lipinski definition) is 7. The minimum absolute atomic E-state index is 0.0510. The van der Waals surface area contributed by atoms with Gasteiger partial charge in [-0.3, -0.25) is 5.10 Å². The molecular formula is C16H23ClN6O2S. The van der Waals surface area contributed by atoms with Gasteiger partial charge in [0, 0.05) is 19.1 Å². The molecule has 0 bridgehead atoms. The summed E-state index contributed by atoms with van der Waals surface area (Å²) in [5, 5.41) is 12.3. The maximum atomic E-state index is 12.3. The number of likely N-dealkylation sites (tertiary alicyclic amines) is 1. The Balaban J connectivity index is 1.77. The lowest BCUT2D eigenvalue weighted by Crippen LogP contribution is -2.47. The Bertz CT molecular complexity index is 806. The van der Waals surface area contributed by atoms with Crippen molar-refractivity contribution < 1.29 is 9.53 Å². The van der Waals surface area contributed by atoms with Crippen LogP contribution in [0, 0.1) is 0 Å². The zero-order chi connectivity index (χ0) is 18.9. The molecule has 0 radical (unpaired) electrons. The van der Waals surface area contributed by atoms with Crippen molar-refractivity contribution in [2.24, 2.45) is 0 Å². The second-order valence-corrected chi connectivity index (χ2v) is 8.34. The minimum Gasteiger partial charge on any atom is -0.444 e. The Morgan fingerprint density at radius 2 is 2.19 bits per heavy atom. The number of amides is 1. The zero-order valence-corrected chi connectivity index (χ0v) is 16.9. The molecule has 1 atom stereocenters. The van der Waals surface area contributed by atoms with Gasteiger partial charge in [0.25, 0.3) is 0 Å². The number of nitrogens with zero attached hydrogens (tertiary/aromatic N) is 4. The van der Waals surface area contributed by atoms with Gasteiger partial charge >= 0.3 is 6.09 Å². The summed E-state index contributed by atoms with van der Waals surface area (Å²) >= 11 is 7.55. The Morgan fingerprint density at radius 1 is 1.42 bits per heavy atom. The van der Waals surface area contributed by atoms with Crippen LogP contribution < -0.4 is 5.32 Å². The van der Waals surface area contributed by atoms with E-state index in [4.69, 9.17) is 16.3 Å². The summed E-state index contributed by atoms with van der Waals surface area (Å²) < 4.78 is 5.48. The molecule has 3 rings (SSSR count). The predicted octanol–water partition coefficient (Wildman–Crippen LogP) is 3.54. The Kier molecular flexibility index (Phi) is 5.47. The van der Waals surface area contributed by atoms with E-state index in [2.05, 4.69) is 25.5 Å². The molecule has 142 valence electrons. The van der Waals surface area contributed by atoms with Crippen LogP contribution in [0.5, 0.6) is 0 Å². The maximum Gasteiger partial charge on any atom is 0.410 e. The topological polar surface area (TPSA) is 96.0 Å². The van der Waals surface area contributed by atoms with E-state index in [9.17, 15) is 4.79 Å². The third-order valence-corrected chi connectivity index (χ3v) is 4.82. The fourth-order valence-corrected chi connectivity index (χ4v) is 3.61. The Morgan fingerprint density at radius 3 is 2.88 bits per heavy atom. The second-order valence-electron chi connectivity index (χ2n) is 7.21. The summed E-state index contributed by atoms with van der Waals surface area (Å²) in [5.74, 6) is 0.633. The van der Waals surface area contributed by atoms with Crippen LogP contribution in [-0.2, 0) is 4.74 Å². The first-order valence-electron chi connectivity index (χ1n) is 8.47. The first-order valence-corrected chi connectivity index (χ1v) is 10.1. The monoisotopic (exact) mass is 398 g/mol. The van der Waals surface area contributed by atoms with Crippen LogP contribution in [0.4, 0.5) is 10.6 Å². The predicted molar refractivity (Wildman–Crippen MR) is 103 cm³/mol. The number of halogens is 1. The van der Waals surface area contributed by atoms with E-state index in [1.807, 2.05) is 27.0 Å². The number of thioether (sulfide) groups is 1. The molecule has 0 spiro atoms. The molecule has 2 aromatic rings. The third-order valence-electron chi connectivity index (χ3n) is 3.97. The van der Waals surface area contributed by atoms with Gasteiger partial charge in [0.15, 0.2) is 5.65 Å². The molecular weight excluding hydrogens is 376 g/mol. The van der Waals surface area contributed by atoms with Crippen molar-refractivity contribution in [1.29, 1.82) is 0 Å². The number of carbonyl (C=O) groups excluding carboxylic acids is 1. The maximum absolute atomic E-state index is 12.3. The van der Waals surface area contributed by atoms with Gasteiger partial charge in [-0.15, -0.1) is 11.8 Å². The third kappa shape index (κ3) is 4.32. The van der Waals surface area contributed by atoms with Crippen LogP contribution in [0.2, 0.25) is 5.28 Å². The fourth-order valence-electron chi connectivity index (χ4n) is 2.91. The largest absolute Gasteiger partial charge is 0.444 e. The number of piperidine rings is 1. The molecule has 0 aromatic carbocycles. The van der Waals surface area contributed by atoms with Gasteiger partial charge in [0.05, 0.1) is 5.39 Å². The molecule has 1 fully saturated rings. The van der Waals surface area contributed by atoms with Gasteiger partial charge in [-0.1, -0.05) is 0 Å². The lowest BCUT2D eigenvalue weighted by molar-refractivity contribution is 0.0206. The van der Waals surface area contributed by atoms with Crippen molar-refractivity contribution in [3.8, 4) is 0 Å². The van der Waals surface area contributed by atoms with Crippen molar-refractivity contribution >= 4 is 46.3 Å². The van der Waals surface area contributed by atoms with Gasteiger partial charge in [-0.05, 0) is 51.5 Å². The molecule has 1 saturated heterocycles.